The Bertz CT molecular complexity index is 1060. The second-order valence-electron chi connectivity index (χ2n) is 7.63. The van der Waals surface area contributed by atoms with E-state index in [1.54, 1.807) is 6.92 Å². The van der Waals surface area contributed by atoms with Crippen molar-refractivity contribution in [3.05, 3.63) is 60.2 Å². The van der Waals surface area contributed by atoms with Crippen LogP contribution in [0.4, 0.5) is 5.69 Å². The van der Waals surface area contributed by atoms with E-state index in [0.29, 0.717) is 26.2 Å². The molecule has 2 heterocycles. The molecule has 8 nitrogen and oxygen atoms in total. The maximum absolute atomic E-state index is 13.1. The number of benzene rings is 2. The van der Waals surface area contributed by atoms with Crippen LogP contribution in [0, 0.1) is 0 Å². The number of rotatable bonds is 5. The van der Waals surface area contributed by atoms with Gasteiger partial charge >= 0.3 is 11.9 Å². The molecule has 0 radical (unpaired) electrons. The lowest BCUT2D eigenvalue weighted by Crippen LogP contribution is -2.48. The van der Waals surface area contributed by atoms with E-state index in [0.717, 1.165) is 5.69 Å². The zero-order chi connectivity index (χ0) is 22.0. The van der Waals surface area contributed by atoms with Gasteiger partial charge in [0.25, 0.3) is 0 Å². The first-order valence-corrected chi connectivity index (χ1v) is 11.6. The molecule has 2 aliphatic heterocycles. The highest BCUT2D eigenvalue weighted by molar-refractivity contribution is 7.89. The molecule has 9 heteroatoms. The summed E-state index contributed by atoms with van der Waals surface area (Å²) in [5.74, 6) is -1.33. The van der Waals surface area contributed by atoms with Crippen LogP contribution in [0.3, 0.4) is 0 Å². The van der Waals surface area contributed by atoms with E-state index < -0.39 is 28.1 Å². The van der Waals surface area contributed by atoms with Gasteiger partial charge in [-0.15, -0.1) is 0 Å². The van der Waals surface area contributed by atoms with Crippen molar-refractivity contribution in [1.29, 1.82) is 0 Å². The summed E-state index contributed by atoms with van der Waals surface area (Å²) in [5, 5.41) is 0. The normalized spacial score (nSPS) is 22.2. The molecule has 0 amide bonds. The molecule has 0 bridgehead atoms. The largest absolute Gasteiger partial charge is 0.460 e. The van der Waals surface area contributed by atoms with Crippen molar-refractivity contribution in [3.63, 3.8) is 0 Å². The van der Waals surface area contributed by atoms with Crippen LogP contribution in [0.2, 0.25) is 0 Å². The van der Waals surface area contributed by atoms with E-state index in [9.17, 15) is 18.0 Å². The van der Waals surface area contributed by atoms with Crippen molar-refractivity contribution in [2.45, 2.75) is 30.4 Å². The molecule has 2 aliphatic rings. The molecule has 4 rings (SSSR count). The summed E-state index contributed by atoms with van der Waals surface area (Å²) in [6.07, 6.45) is -0.991. The average molecular weight is 445 g/mol. The minimum absolute atomic E-state index is 0.0254. The lowest BCUT2D eigenvalue weighted by Gasteiger charge is -2.35. The summed E-state index contributed by atoms with van der Waals surface area (Å²) < 4.78 is 37.9. The van der Waals surface area contributed by atoms with Crippen LogP contribution in [-0.2, 0) is 24.3 Å². The first-order valence-electron chi connectivity index (χ1n) is 10.2. The van der Waals surface area contributed by atoms with Gasteiger partial charge < -0.3 is 14.4 Å². The second-order valence-corrected chi connectivity index (χ2v) is 9.57. The molecule has 2 fully saturated rings. The van der Waals surface area contributed by atoms with Gasteiger partial charge in [0.05, 0.1) is 10.5 Å². The lowest BCUT2D eigenvalue weighted by atomic mass is 10.2. The molecule has 2 atom stereocenters. The number of carbonyl (C=O) groups excluding carboxylic acids is 2. The van der Waals surface area contributed by atoms with Gasteiger partial charge in [0.15, 0.2) is 0 Å². The summed E-state index contributed by atoms with van der Waals surface area (Å²) in [5.41, 5.74) is 1.14. The highest BCUT2D eigenvalue weighted by atomic mass is 32.2. The predicted octanol–water partition coefficient (Wildman–Crippen LogP) is 2.06. The number of sulfonamides is 1. The molecule has 2 saturated heterocycles. The molecule has 31 heavy (non-hydrogen) atoms. The van der Waals surface area contributed by atoms with Crippen molar-refractivity contribution in [1.82, 2.24) is 4.31 Å². The van der Waals surface area contributed by atoms with Crippen molar-refractivity contribution >= 4 is 27.6 Å². The van der Waals surface area contributed by atoms with E-state index >= 15 is 0 Å². The number of cyclic esters (lactones) is 1. The molecule has 0 saturated carbocycles. The second kappa shape index (κ2) is 8.68. The monoisotopic (exact) mass is 444 g/mol. The van der Waals surface area contributed by atoms with Crippen molar-refractivity contribution in [2.24, 2.45) is 0 Å². The van der Waals surface area contributed by atoms with Gasteiger partial charge in [-0.25, -0.2) is 18.0 Å². The molecular weight excluding hydrogens is 420 g/mol. The Morgan fingerprint density at radius 1 is 1.03 bits per heavy atom. The van der Waals surface area contributed by atoms with E-state index in [-0.39, 0.29) is 23.0 Å². The number of para-hydroxylation sites is 1. The van der Waals surface area contributed by atoms with E-state index in [2.05, 4.69) is 4.90 Å². The van der Waals surface area contributed by atoms with Gasteiger partial charge in [-0.05, 0) is 37.3 Å². The van der Waals surface area contributed by atoms with Crippen LogP contribution < -0.4 is 4.90 Å². The molecule has 164 valence electrons. The Balaban J connectivity index is 1.44. The molecule has 0 N–H and O–H groups in total. The zero-order valence-corrected chi connectivity index (χ0v) is 18.0. The SMILES string of the molecule is C[C@@H]1C[C@@H](OC(=O)c2cccc(S(=O)(=O)N3CCN(c4ccccc4)CC3)c2)C(=O)O1. The minimum atomic E-state index is -3.76. The smallest absolute Gasteiger partial charge is 0.347 e. The zero-order valence-electron chi connectivity index (χ0n) is 17.1. The van der Waals surface area contributed by atoms with Crippen LogP contribution in [0.1, 0.15) is 23.7 Å². The third-order valence-corrected chi connectivity index (χ3v) is 7.34. The third kappa shape index (κ3) is 4.57. The summed E-state index contributed by atoms with van der Waals surface area (Å²) in [7, 11) is -3.76. The Morgan fingerprint density at radius 3 is 2.39 bits per heavy atom. The van der Waals surface area contributed by atoms with Crippen molar-refractivity contribution in [2.75, 3.05) is 31.1 Å². The summed E-state index contributed by atoms with van der Waals surface area (Å²) in [6.45, 7) is 3.56. The number of anilines is 1. The number of nitrogens with zero attached hydrogens (tertiary/aromatic N) is 2. The molecule has 0 unspecified atom stereocenters. The number of piperazine rings is 1. The third-order valence-electron chi connectivity index (χ3n) is 5.44. The van der Waals surface area contributed by atoms with E-state index in [4.69, 9.17) is 9.47 Å². The van der Waals surface area contributed by atoms with Gasteiger partial charge in [0, 0.05) is 38.3 Å². The van der Waals surface area contributed by atoms with Crippen molar-refractivity contribution < 1.29 is 27.5 Å². The van der Waals surface area contributed by atoms with Gasteiger partial charge in [-0.1, -0.05) is 24.3 Å². The standard InChI is InChI=1S/C22H24N2O6S/c1-16-14-20(22(26)29-16)30-21(25)17-6-5-9-19(15-17)31(27,28)24-12-10-23(11-13-24)18-7-3-2-4-8-18/h2-9,15-16,20H,10-14H2,1H3/t16-,20-/m1/s1. The van der Waals surface area contributed by atoms with Gasteiger partial charge in [-0.2, -0.15) is 4.31 Å². The first-order chi connectivity index (χ1) is 14.8. The topological polar surface area (TPSA) is 93.2 Å². The highest BCUT2D eigenvalue weighted by Gasteiger charge is 2.35. The lowest BCUT2D eigenvalue weighted by molar-refractivity contribution is -0.147. The Labute approximate surface area is 181 Å². The molecular formula is C22H24N2O6S. The number of esters is 2. The number of carbonyl (C=O) groups is 2. The maximum atomic E-state index is 13.1. The van der Waals surface area contributed by atoms with Gasteiger partial charge in [0.1, 0.15) is 6.10 Å². The Hall–Kier alpha value is -2.91. The molecule has 2 aromatic rings. The van der Waals surface area contributed by atoms with E-state index in [1.165, 1.54) is 28.6 Å². The Kier molecular flexibility index (Phi) is 5.97. The average Bonchev–Trinajstić information content (AvgIpc) is 3.11. The molecule has 2 aromatic carbocycles. The highest BCUT2D eigenvalue weighted by Crippen LogP contribution is 2.23. The quantitative estimate of drug-likeness (QED) is 0.652. The number of ether oxygens (including phenoxy) is 2. The van der Waals surface area contributed by atoms with Crippen molar-refractivity contribution in [3.8, 4) is 0 Å². The fraction of sp³-hybridized carbons (Fsp3) is 0.364. The maximum Gasteiger partial charge on any atom is 0.347 e. The van der Waals surface area contributed by atoms with E-state index in [1.807, 2.05) is 30.3 Å². The summed E-state index contributed by atoms with van der Waals surface area (Å²) >= 11 is 0. The van der Waals surface area contributed by atoms with Crippen LogP contribution >= 0.6 is 0 Å². The summed E-state index contributed by atoms with van der Waals surface area (Å²) in [4.78, 5) is 26.3. The molecule has 0 spiro atoms. The minimum Gasteiger partial charge on any atom is -0.460 e. The molecule has 0 aliphatic carbocycles. The van der Waals surface area contributed by atoms with Crippen LogP contribution in [0.15, 0.2) is 59.5 Å². The fourth-order valence-corrected chi connectivity index (χ4v) is 5.24. The molecule has 0 aromatic heterocycles. The van der Waals surface area contributed by atoms with Crippen LogP contribution in [-0.4, -0.2) is 63.0 Å². The van der Waals surface area contributed by atoms with Gasteiger partial charge in [0.2, 0.25) is 16.1 Å². The first kappa shape index (κ1) is 21.3. The van der Waals surface area contributed by atoms with Crippen LogP contribution in [0.25, 0.3) is 0 Å². The van der Waals surface area contributed by atoms with Gasteiger partial charge in [-0.3, -0.25) is 0 Å². The Morgan fingerprint density at radius 2 is 1.74 bits per heavy atom. The number of hydrogen-bond donors (Lipinski definition) is 0. The van der Waals surface area contributed by atoms with Crippen LogP contribution in [0.5, 0.6) is 0 Å². The number of hydrogen-bond acceptors (Lipinski definition) is 7. The predicted molar refractivity (Wildman–Crippen MR) is 113 cm³/mol. The summed E-state index contributed by atoms with van der Waals surface area (Å²) in [6, 6.07) is 15.6. The fourth-order valence-electron chi connectivity index (χ4n) is 3.77.